The van der Waals surface area contributed by atoms with E-state index < -0.39 is 16.7 Å². The molecule has 0 unspecified atom stereocenters. The van der Waals surface area contributed by atoms with Gasteiger partial charge in [-0.3, -0.25) is 29.9 Å². The molecule has 3 aromatic rings. The molecule has 0 spiro atoms. The SMILES string of the molecule is O=C1NC(=S)N(c2cccc3ccccc23)C(=O)/C1=C\c1cc([N+](=O)[O-])ccc1N1CCNCC1. The summed E-state index contributed by atoms with van der Waals surface area (Å²) in [4.78, 5) is 40.9. The number of amides is 2. The van der Waals surface area contributed by atoms with Crippen LogP contribution < -0.4 is 20.4 Å². The first kappa shape index (κ1) is 22.6. The first-order chi connectivity index (χ1) is 16.9. The van der Waals surface area contributed by atoms with Gasteiger partial charge in [0.25, 0.3) is 17.5 Å². The van der Waals surface area contributed by atoms with Gasteiger partial charge in [0.1, 0.15) is 5.57 Å². The van der Waals surface area contributed by atoms with Gasteiger partial charge in [0.2, 0.25) is 0 Å². The third kappa shape index (κ3) is 4.25. The summed E-state index contributed by atoms with van der Waals surface area (Å²) in [6, 6.07) is 17.6. The van der Waals surface area contributed by atoms with Crippen LogP contribution in [0.1, 0.15) is 5.56 Å². The summed E-state index contributed by atoms with van der Waals surface area (Å²) < 4.78 is 0. The van der Waals surface area contributed by atoms with Crippen LogP contribution in [0.15, 0.2) is 66.2 Å². The number of nitrogens with one attached hydrogen (secondary N) is 2. The van der Waals surface area contributed by atoms with E-state index in [0.717, 1.165) is 29.5 Å². The van der Waals surface area contributed by atoms with Crippen LogP contribution in [0.2, 0.25) is 0 Å². The van der Waals surface area contributed by atoms with Crippen LogP contribution in [0.5, 0.6) is 0 Å². The van der Waals surface area contributed by atoms with Gasteiger partial charge in [0.05, 0.1) is 10.6 Å². The Morgan fingerprint density at radius 1 is 0.971 bits per heavy atom. The monoisotopic (exact) mass is 487 g/mol. The largest absolute Gasteiger partial charge is 0.368 e. The molecule has 2 aliphatic heterocycles. The molecule has 0 aliphatic carbocycles. The van der Waals surface area contributed by atoms with E-state index in [1.807, 2.05) is 36.4 Å². The van der Waals surface area contributed by atoms with Crippen LogP contribution in [-0.2, 0) is 9.59 Å². The third-order valence-corrected chi connectivity index (χ3v) is 6.37. The van der Waals surface area contributed by atoms with Crippen LogP contribution in [0, 0.1) is 10.1 Å². The van der Waals surface area contributed by atoms with Gasteiger partial charge in [0, 0.05) is 54.9 Å². The number of carbonyl (C=O) groups excluding carboxylic acids is 2. The van der Waals surface area contributed by atoms with Gasteiger partial charge in [-0.2, -0.15) is 0 Å². The smallest absolute Gasteiger partial charge is 0.270 e. The number of non-ortho nitro benzene ring substituents is 1. The summed E-state index contributed by atoms with van der Waals surface area (Å²) in [5.74, 6) is -1.23. The van der Waals surface area contributed by atoms with E-state index in [4.69, 9.17) is 12.2 Å². The van der Waals surface area contributed by atoms with Gasteiger partial charge in [0.15, 0.2) is 5.11 Å². The average Bonchev–Trinajstić information content (AvgIpc) is 2.87. The van der Waals surface area contributed by atoms with Crippen molar-refractivity contribution in [2.45, 2.75) is 0 Å². The van der Waals surface area contributed by atoms with Gasteiger partial charge < -0.3 is 10.2 Å². The zero-order valence-corrected chi connectivity index (χ0v) is 19.4. The lowest BCUT2D eigenvalue weighted by molar-refractivity contribution is -0.384. The van der Waals surface area contributed by atoms with Crippen molar-refractivity contribution in [3.63, 3.8) is 0 Å². The molecule has 176 valence electrons. The molecule has 9 nitrogen and oxygen atoms in total. The Morgan fingerprint density at radius 3 is 2.49 bits per heavy atom. The lowest BCUT2D eigenvalue weighted by atomic mass is 10.0. The highest BCUT2D eigenvalue weighted by atomic mass is 32.1. The fourth-order valence-corrected chi connectivity index (χ4v) is 4.67. The van der Waals surface area contributed by atoms with E-state index in [1.54, 1.807) is 12.1 Å². The van der Waals surface area contributed by atoms with Crippen molar-refractivity contribution in [3.05, 3.63) is 81.9 Å². The number of nitro groups is 1. The molecular weight excluding hydrogens is 466 g/mol. The number of anilines is 2. The molecule has 5 rings (SSSR count). The minimum Gasteiger partial charge on any atom is -0.368 e. The summed E-state index contributed by atoms with van der Waals surface area (Å²) in [6.07, 6.45) is 1.42. The number of hydrogen-bond donors (Lipinski definition) is 2. The molecule has 0 bridgehead atoms. The van der Waals surface area contributed by atoms with E-state index in [2.05, 4.69) is 15.5 Å². The second kappa shape index (κ2) is 9.24. The highest BCUT2D eigenvalue weighted by molar-refractivity contribution is 7.80. The minimum atomic E-state index is -0.644. The van der Waals surface area contributed by atoms with Gasteiger partial charge >= 0.3 is 0 Å². The normalized spacial score (nSPS) is 17.7. The topological polar surface area (TPSA) is 108 Å². The van der Waals surface area contributed by atoms with E-state index in [1.165, 1.54) is 23.1 Å². The molecule has 0 radical (unpaired) electrons. The number of rotatable bonds is 4. The fraction of sp³-hybridized carbons (Fsp3) is 0.160. The molecule has 2 saturated heterocycles. The third-order valence-electron chi connectivity index (χ3n) is 6.09. The zero-order valence-electron chi connectivity index (χ0n) is 18.6. The molecule has 0 saturated carbocycles. The highest BCUT2D eigenvalue weighted by Gasteiger charge is 2.35. The Kier molecular flexibility index (Phi) is 5.98. The zero-order chi connectivity index (χ0) is 24.5. The predicted molar refractivity (Wildman–Crippen MR) is 138 cm³/mol. The summed E-state index contributed by atoms with van der Waals surface area (Å²) in [5.41, 5.74) is 1.41. The molecule has 0 atom stereocenters. The average molecular weight is 488 g/mol. The van der Waals surface area contributed by atoms with Crippen molar-refractivity contribution in [3.8, 4) is 0 Å². The molecular formula is C25H21N5O4S. The van der Waals surface area contributed by atoms with Crippen LogP contribution >= 0.6 is 12.2 Å². The maximum atomic E-state index is 13.7. The molecule has 2 heterocycles. The Bertz CT molecular complexity index is 1410. The van der Waals surface area contributed by atoms with Crippen molar-refractivity contribution in [1.29, 1.82) is 0 Å². The summed E-state index contributed by atoms with van der Waals surface area (Å²) >= 11 is 5.37. The quantitative estimate of drug-likeness (QED) is 0.192. The first-order valence-electron chi connectivity index (χ1n) is 11.1. The van der Waals surface area contributed by atoms with Gasteiger partial charge in [-0.25, -0.2) is 0 Å². The van der Waals surface area contributed by atoms with Crippen LogP contribution in [0.25, 0.3) is 16.8 Å². The van der Waals surface area contributed by atoms with Crippen molar-refractivity contribution >= 4 is 63.1 Å². The second-order valence-corrected chi connectivity index (χ2v) is 8.58. The van der Waals surface area contributed by atoms with E-state index in [0.29, 0.717) is 24.3 Å². The number of piperazine rings is 1. The predicted octanol–water partition coefficient (Wildman–Crippen LogP) is 2.99. The van der Waals surface area contributed by atoms with E-state index in [-0.39, 0.29) is 16.4 Å². The lowest BCUT2D eigenvalue weighted by Crippen LogP contribution is -2.54. The fourth-order valence-electron chi connectivity index (χ4n) is 4.40. The lowest BCUT2D eigenvalue weighted by Gasteiger charge is -2.31. The maximum Gasteiger partial charge on any atom is 0.270 e. The number of hydrogen-bond acceptors (Lipinski definition) is 7. The summed E-state index contributed by atoms with van der Waals surface area (Å²) in [5, 5.41) is 19.0. The first-order valence-corrected chi connectivity index (χ1v) is 11.5. The van der Waals surface area contributed by atoms with Gasteiger partial charge in [-0.05, 0) is 35.8 Å². The Morgan fingerprint density at radius 2 is 1.71 bits per heavy atom. The number of thiocarbonyl (C=S) groups is 1. The highest BCUT2D eigenvalue weighted by Crippen LogP contribution is 2.32. The number of carbonyl (C=O) groups is 2. The second-order valence-electron chi connectivity index (χ2n) is 8.19. The molecule has 35 heavy (non-hydrogen) atoms. The molecule has 10 heteroatoms. The number of benzene rings is 3. The standard InChI is InChI=1S/C25H21N5O4S/c31-23-20(15-17-14-18(30(33)34)8-9-21(17)28-12-10-26-11-13-28)24(32)29(25(35)27-23)22-7-3-5-16-4-1-2-6-19(16)22/h1-9,14-15,26H,10-13H2,(H,27,31,35)/b20-15-. The van der Waals surface area contributed by atoms with Crippen LogP contribution in [0.4, 0.5) is 17.1 Å². The maximum absolute atomic E-state index is 13.7. The summed E-state index contributed by atoms with van der Waals surface area (Å²) in [6.45, 7) is 2.91. The van der Waals surface area contributed by atoms with Crippen molar-refractivity contribution in [2.75, 3.05) is 36.0 Å². The molecule has 2 amide bonds. The molecule has 2 fully saturated rings. The Labute approximate surface area is 206 Å². The van der Waals surface area contributed by atoms with Crippen LogP contribution in [0.3, 0.4) is 0 Å². The van der Waals surface area contributed by atoms with Crippen LogP contribution in [-0.4, -0.2) is 48.0 Å². The molecule has 0 aromatic heterocycles. The van der Waals surface area contributed by atoms with Crippen molar-refractivity contribution < 1.29 is 14.5 Å². The molecule has 2 aliphatic rings. The number of nitrogens with zero attached hydrogens (tertiary/aromatic N) is 3. The van der Waals surface area contributed by atoms with Crippen molar-refractivity contribution in [2.24, 2.45) is 0 Å². The Hall–Kier alpha value is -4.15. The molecule has 3 aromatic carbocycles. The summed E-state index contributed by atoms with van der Waals surface area (Å²) in [7, 11) is 0. The molecule has 2 N–H and O–H groups in total. The van der Waals surface area contributed by atoms with Gasteiger partial charge in [-0.15, -0.1) is 0 Å². The minimum absolute atomic E-state index is 0.0186. The Balaban J connectivity index is 1.62. The van der Waals surface area contributed by atoms with E-state index >= 15 is 0 Å². The number of fused-ring (bicyclic) bond motifs is 1. The van der Waals surface area contributed by atoms with Gasteiger partial charge in [-0.1, -0.05) is 36.4 Å². The van der Waals surface area contributed by atoms with E-state index in [9.17, 15) is 19.7 Å². The van der Waals surface area contributed by atoms with Crippen molar-refractivity contribution in [1.82, 2.24) is 10.6 Å². The number of nitro benzene ring substituents is 1.